The van der Waals surface area contributed by atoms with Gasteiger partial charge in [0.2, 0.25) is 0 Å². The summed E-state index contributed by atoms with van der Waals surface area (Å²) in [6.07, 6.45) is 3.00. The van der Waals surface area contributed by atoms with E-state index in [-0.39, 0.29) is 0 Å². The minimum atomic E-state index is 1.25. The van der Waals surface area contributed by atoms with Crippen molar-refractivity contribution in [3.8, 4) is 0 Å². The summed E-state index contributed by atoms with van der Waals surface area (Å²) in [6.45, 7) is 6.92. The highest BCUT2D eigenvalue weighted by atomic mass is 14.3. The summed E-state index contributed by atoms with van der Waals surface area (Å²) < 4.78 is 0. The molecule has 0 spiro atoms. The van der Waals surface area contributed by atoms with E-state index in [9.17, 15) is 0 Å². The Hall–Kier alpha value is -0.590. The van der Waals surface area contributed by atoms with Crippen LogP contribution >= 0.6 is 0 Å². The molecule has 0 rings (SSSR count). The summed E-state index contributed by atoms with van der Waals surface area (Å²) in [5.41, 5.74) is 0. The van der Waals surface area contributed by atoms with Gasteiger partial charge in [-0.25, -0.2) is 0 Å². The van der Waals surface area contributed by atoms with E-state index in [1.807, 2.05) is 6.92 Å². The van der Waals surface area contributed by atoms with Gasteiger partial charge < -0.3 is 5.41 Å². The molecule has 0 aromatic carbocycles. The summed E-state index contributed by atoms with van der Waals surface area (Å²) in [5, 5.41) is 6.08. The zero-order chi connectivity index (χ0) is 5.41. The molecule has 0 aliphatic rings. The third-order valence-electron chi connectivity index (χ3n) is 0. The van der Waals surface area contributed by atoms with Gasteiger partial charge in [0.1, 0.15) is 0 Å². The van der Waals surface area contributed by atoms with Crippen molar-refractivity contribution in [2.75, 3.05) is 0 Å². The molecule has 0 bridgehead atoms. The van der Waals surface area contributed by atoms with Crippen molar-refractivity contribution in [3.05, 3.63) is 12.7 Å². The molecule has 1 heteroatoms. The molecule has 0 atom stereocenters. The van der Waals surface area contributed by atoms with E-state index in [2.05, 4.69) is 6.58 Å². The number of allylic oxidation sites excluding steroid dienone is 1. The Morgan fingerprint density at radius 2 is 1.50 bits per heavy atom. The Kier molecular flexibility index (Phi) is 38.9. The molecule has 1 N–H and O–H groups in total. The van der Waals surface area contributed by atoms with Crippen molar-refractivity contribution in [2.24, 2.45) is 0 Å². The van der Waals surface area contributed by atoms with Gasteiger partial charge in [-0.1, -0.05) is 6.08 Å². The highest BCUT2D eigenvalue weighted by molar-refractivity contribution is 5.48. The van der Waals surface area contributed by atoms with Crippen LogP contribution in [0.4, 0.5) is 0 Å². The second-order valence-corrected chi connectivity index (χ2v) is 0.697. The molecule has 0 aliphatic heterocycles. The van der Waals surface area contributed by atoms with Crippen LogP contribution in [0.3, 0.4) is 0 Å². The van der Waals surface area contributed by atoms with E-state index in [0.29, 0.717) is 0 Å². The van der Waals surface area contributed by atoms with Gasteiger partial charge >= 0.3 is 0 Å². The summed E-state index contributed by atoms with van der Waals surface area (Å²) in [4.78, 5) is 0. The Morgan fingerprint density at radius 1 is 1.50 bits per heavy atom. The number of hydrogen-bond acceptors (Lipinski definition) is 1. The molecule has 0 amide bonds. The Balaban J connectivity index is 0. The van der Waals surface area contributed by atoms with Crippen LogP contribution in [0.1, 0.15) is 13.8 Å². The summed E-state index contributed by atoms with van der Waals surface area (Å²) in [6, 6.07) is 0. The molecule has 0 aromatic heterocycles. The van der Waals surface area contributed by atoms with E-state index in [1.54, 1.807) is 13.0 Å². The molecule has 0 heterocycles. The Labute approximate surface area is 39.2 Å². The van der Waals surface area contributed by atoms with E-state index in [0.717, 1.165) is 0 Å². The molecular formula is C5H11N. The normalized spacial score (nSPS) is 4.33. The Morgan fingerprint density at radius 3 is 1.50 bits per heavy atom. The first-order valence-electron chi connectivity index (χ1n) is 1.85. The maximum absolute atomic E-state index is 6.08. The van der Waals surface area contributed by atoms with E-state index in [1.165, 1.54) is 6.21 Å². The first-order chi connectivity index (χ1) is 2.83. The standard InChI is InChI=1S/C3H6.C2H5N/c1-3-2;1-2-3/h3H,1H2,2H3;2-3H,1H3. The fourth-order valence-corrected chi connectivity index (χ4v) is 0. The largest absolute Gasteiger partial charge is 0.313 e. The van der Waals surface area contributed by atoms with Crippen molar-refractivity contribution in [1.82, 2.24) is 0 Å². The minimum absolute atomic E-state index is 1.25. The SMILES string of the molecule is C=CC.CC=N. The number of hydrogen-bond donors (Lipinski definition) is 1. The molecule has 0 radical (unpaired) electrons. The summed E-state index contributed by atoms with van der Waals surface area (Å²) in [7, 11) is 0. The highest BCUT2D eigenvalue weighted by Gasteiger charge is 1.17. The van der Waals surface area contributed by atoms with Crippen LogP contribution in [0, 0.1) is 5.41 Å². The van der Waals surface area contributed by atoms with Crippen molar-refractivity contribution < 1.29 is 0 Å². The van der Waals surface area contributed by atoms with E-state index in [4.69, 9.17) is 5.41 Å². The predicted molar refractivity (Wildman–Crippen MR) is 30.3 cm³/mol. The average molecular weight is 85.1 g/mol. The molecule has 0 saturated carbocycles. The summed E-state index contributed by atoms with van der Waals surface area (Å²) in [5.74, 6) is 0. The fourth-order valence-electron chi connectivity index (χ4n) is 0. The molecular weight excluding hydrogens is 74.1 g/mol. The molecule has 36 valence electrons. The molecule has 0 unspecified atom stereocenters. The lowest BCUT2D eigenvalue weighted by Crippen LogP contribution is -1.32. The van der Waals surface area contributed by atoms with Crippen molar-refractivity contribution >= 4 is 6.21 Å². The van der Waals surface area contributed by atoms with Crippen LogP contribution in [0.15, 0.2) is 12.7 Å². The highest BCUT2D eigenvalue weighted by Crippen LogP contribution is 1.38. The second-order valence-electron chi connectivity index (χ2n) is 0.697. The lowest BCUT2D eigenvalue weighted by Gasteiger charge is -1.31. The van der Waals surface area contributed by atoms with Gasteiger partial charge in [-0.15, -0.1) is 6.58 Å². The third kappa shape index (κ3) is 56.9. The maximum Gasteiger partial charge on any atom is -0.00788 e. The molecule has 0 aliphatic carbocycles. The van der Waals surface area contributed by atoms with Crippen LogP contribution in [0.5, 0.6) is 0 Å². The van der Waals surface area contributed by atoms with Crippen LogP contribution in [-0.2, 0) is 0 Å². The fraction of sp³-hybridized carbons (Fsp3) is 0.400. The average Bonchev–Trinajstić information content (AvgIpc) is 1.39. The monoisotopic (exact) mass is 85.1 g/mol. The molecule has 0 saturated heterocycles. The van der Waals surface area contributed by atoms with Gasteiger partial charge in [0.25, 0.3) is 0 Å². The van der Waals surface area contributed by atoms with Crippen molar-refractivity contribution in [2.45, 2.75) is 13.8 Å². The van der Waals surface area contributed by atoms with Crippen LogP contribution in [0.25, 0.3) is 0 Å². The van der Waals surface area contributed by atoms with Gasteiger partial charge in [-0.3, -0.25) is 0 Å². The third-order valence-corrected chi connectivity index (χ3v) is 0. The summed E-state index contributed by atoms with van der Waals surface area (Å²) >= 11 is 0. The van der Waals surface area contributed by atoms with Gasteiger partial charge in [-0.2, -0.15) is 0 Å². The predicted octanol–water partition coefficient (Wildman–Crippen LogP) is 1.85. The quantitative estimate of drug-likeness (QED) is 0.343. The lowest BCUT2D eigenvalue weighted by molar-refractivity contribution is 1.55. The smallest absolute Gasteiger partial charge is 0.00788 e. The second kappa shape index (κ2) is 25.8. The maximum atomic E-state index is 6.08. The van der Waals surface area contributed by atoms with Crippen LogP contribution in [0.2, 0.25) is 0 Å². The first-order valence-corrected chi connectivity index (χ1v) is 1.85. The Bertz CT molecular complexity index is 24.9. The van der Waals surface area contributed by atoms with Gasteiger partial charge in [0.05, 0.1) is 0 Å². The van der Waals surface area contributed by atoms with Gasteiger partial charge in [-0.05, 0) is 20.1 Å². The zero-order valence-corrected chi connectivity index (χ0v) is 4.36. The van der Waals surface area contributed by atoms with E-state index >= 15 is 0 Å². The van der Waals surface area contributed by atoms with Gasteiger partial charge in [0, 0.05) is 0 Å². The number of nitrogens with one attached hydrogen (secondary N) is 1. The first kappa shape index (κ1) is 9.05. The number of rotatable bonds is 0. The van der Waals surface area contributed by atoms with Crippen molar-refractivity contribution in [1.29, 1.82) is 5.41 Å². The van der Waals surface area contributed by atoms with Crippen LogP contribution in [-0.4, -0.2) is 6.21 Å². The topological polar surface area (TPSA) is 23.9 Å². The van der Waals surface area contributed by atoms with Gasteiger partial charge in [0.15, 0.2) is 0 Å². The molecule has 0 fully saturated rings. The molecule has 0 aromatic rings. The van der Waals surface area contributed by atoms with Crippen molar-refractivity contribution in [3.63, 3.8) is 0 Å². The van der Waals surface area contributed by atoms with Crippen LogP contribution < -0.4 is 0 Å². The molecule has 6 heavy (non-hydrogen) atoms. The zero-order valence-electron chi connectivity index (χ0n) is 4.36. The lowest BCUT2D eigenvalue weighted by atomic mass is 10.8. The molecule has 1 nitrogen and oxygen atoms in total. The van der Waals surface area contributed by atoms with E-state index < -0.39 is 0 Å². The minimum Gasteiger partial charge on any atom is -0.313 e.